The molecule has 1 amide bonds. The second-order valence-electron chi connectivity index (χ2n) is 5.63. The van der Waals surface area contributed by atoms with Gasteiger partial charge in [-0.3, -0.25) is 15.3 Å². The van der Waals surface area contributed by atoms with E-state index in [0.717, 1.165) is 16.9 Å². The third-order valence-corrected chi connectivity index (χ3v) is 3.98. The van der Waals surface area contributed by atoms with Crippen LogP contribution in [0.4, 0.5) is 16.2 Å². The number of ether oxygens (including phenoxy) is 2. The Balaban J connectivity index is 1.66. The molecule has 0 saturated carbocycles. The number of hydrogen-bond acceptors (Lipinski definition) is 7. The van der Waals surface area contributed by atoms with Gasteiger partial charge in [0, 0.05) is 6.07 Å². The fourth-order valence-corrected chi connectivity index (χ4v) is 2.75. The van der Waals surface area contributed by atoms with Gasteiger partial charge in [0.1, 0.15) is 23.9 Å². The zero-order valence-electron chi connectivity index (χ0n) is 13.8. The summed E-state index contributed by atoms with van der Waals surface area (Å²) in [6.07, 6.45) is 1.99. The number of anilines is 2. The molecule has 1 aliphatic rings. The van der Waals surface area contributed by atoms with E-state index in [0.29, 0.717) is 29.4 Å². The molecule has 3 aromatic heterocycles. The lowest BCUT2D eigenvalue weighted by Crippen LogP contribution is -2.25. The highest BCUT2D eigenvalue weighted by atomic mass is 16.5. The minimum Gasteiger partial charge on any atom is -0.487 e. The summed E-state index contributed by atoms with van der Waals surface area (Å²) in [5.41, 5.74) is 3.21. The largest absolute Gasteiger partial charge is 0.487 e. The maximum atomic E-state index is 10.7. The number of amides is 1. The van der Waals surface area contributed by atoms with Gasteiger partial charge < -0.3 is 19.9 Å². The van der Waals surface area contributed by atoms with Crippen LogP contribution in [0.3, 0.4) is 0 Å². The Hall–Kier alpha value is -3.62. The molecule has 0 radical (unpaired) electrons. The summed E-state index contributed by atoms with van der Waals surface area (Å²) in [4.78, 5) is 23.8. The Kier molecular flexibility index (Phi) is 3.88. The van der Waals surface area contributed by atoms with Crippen LogP contribution in [-0.2, 0) is 0 Å². The summed E-state index contributed by atoms with van der Waals surface area (Å²) < 4.78 is 11.0. The number of nitrogens with zero attached hydrogens (tertiary/aromatic N) is 3. The molecule has 26 heavy (non-hydrogen) atoms. The van der Waals surface area contributed by atoms with Crippen molar-refractivity contribution in [3.05, 3.63) is 42.4 Å². The van der Waals surface area contributed by atoms with E-state index in [1.54, 1.807) is 31.5 Å². The van der Waals surface area contributed by atoms with Gasteiger partial charge in [0.05, 0.1) is 36.4 Å². The molecule has 1 aliphatic heterocycles. The molecule has 132 valence electrons. The summed E-state index contributed by atoms with van der Waals surface area (Å²) in [7, 11) is 1.56. The monoisotopic (exact) mass is 353 g/mol. The van der Waals surface area contributed by atoms with Gasteiger partial charge in [-0.1, -0.05) is 0 Å². The van der Waals surface area contributed by atoms with Crippen LogP contribution >= 0.6 is 0 Å². The molecule has 1 atom stereocenters. The molecular formula is C17H15N5O4. The van der Waals surface area contributed by atoms with Crippen molar-refractivity contribution < 1.29 is 19.4 Å². The Bertz CT molecular complexity index is 972. The van der Waals surface area contributed by atoms with Gasteiger partial charge in [0.25, 0.3) is 0 Å². The fourth-order valence-electron chi connectivity index (χ4n) is 2.75. The van der Waals surface area contributed by atoms with E-state index in [1.807, 2.05) is 6.07 Å². The summed E-state index contributed by atoms with van der Waals surface area (Å²) in [5, 5.41) is 14.4. The van der Waals surface area contributed by atoms with Crippen LogP contribution in [0.15, 0.2) is 36.7 Å². The van der Waals surface area contributed by atoms with Gasteiger partial charge >= 0.3 is 6.09 Å². The number of methoxy groups -OCH3 is 1. The average Bonchev–Trinajstić information content (AvgIpc) is 2.67. The van der Waals surface area contributed by atoms with Crippen molar-refractivity contribution in [1.29, 1.82) is 0 Å². The summed E-state index contributed by atoms with van der Waals surface area (Å²) >= 11 is 0. The summed E-state index contributed by atoms with van der Waals surface area (Å²) in [6.45, 7) is 0.364. The van der Waals surface area contributed by atoms with E-state index >= 15 is 0 Å². The molecule has 0 fully saturated rings. The minimum absolute atomic E-state index is 0.208. The normalized spacial score (nSPS) is 15.5. The van der Waals surface area contributed by atoms with Gasteiger partial charge in [0.15, 0.2) is 5.75 Å². The van der Waals surface area contributed by atoms with Gasteiger partial charge in [-0.05, 0) is 18.2 Å². The van der Waals surface area contributed by atoms with Crippen molar-refractivity contribution in [3.8, 4) is 11.6 Å². The topological polar surface area (TPSA) is 118 Å². The smallest absolute Gasteiger partial charge is 0.409 e. The third kappa shape index (κ3) is 2.90. The van der Waals surface area contributed by atoms with Gasteiger partial charge in [-0.15, -0.1) is 0 Å². The van der Waals surface area contributed by atoms with Crippen molar-refractivity contribution in [3.63, 3.8) is 0 Å². The van der Waals surface area contributed by atoms with Crippen LogP contribution in [0.5, 0.6) is 11.6 Å². The standard InChI is InChI=1S/C17H15N5O4/c1-25-14-5-4-11-15(22-14)16-13(7-19-11)26-8-12(21-16)10-3-2-9(6-18-10)20-17(23)24/h2-7,12,20-21H,8H2,1H3,(H,23,24). The van der Waals surface area contributed by atoms with Crippen LogP contribution < -0.4 is 20.1 Å². The molecule has 3 N–H and O–H groups in total. The van der Waals surface area contributed by atoms with Crippen molar-refractivity contribution in [2.24, 2.45) is 0 Å². The molecule has 4 rings (SSSR count). The molecule has 0 aliphatic carbocycles. The third-order valence-electron chi connectivity index (χ3n) is 3.98. The molecule has 0 aromatic carbocycles. The zero-order chi connectivity index (χ0) is 18.1. The lowest BCUT2D eigenvalue weighted by atomic mass is 10.1. The molecule has 9 nitrogen and oxygen atoms in total. The van der Waals surface area contributed by atoms with Crippen LogP contribution in [-0.4, -0.2) is 39.9 Å². The highest BCUT2D eigenvalue weighted by molar-refractivity contribution is 5.91. The molecule has 9 heteroatoms. The number of nitrogens with one attached hydrogen (secondary N) is 2. The van der Waals surface area contributed by atoms with Crippen molar-refractivity contribution >= 4 is 28.5 Å². The maximum Gasteiger partial charge on any atom is 0.409 e. The number of carboxylic acid groups (broad SMARTS) is 1. The maximum absolute atomic E-state index is 10.7. The van der Waals surface area contributed by atoms with E-state index in [4.69, 9.17) is 14.6 Å². The van der Waals surface area contributed by atoms with Crippen molar-refractivity contribution in [1.82, 2.24) is 15.0 Å². The predicted octanol–water partition coefficient (Wildman–Crippen LogP) is 2.67. The minimum atomic E-state index is -1.13. The first-order chi connectivity index (χ1) is 12.6. The average molecular weight is 353 g/mol. The quantitative estimate of drug-likeness (QED) is 0.658. The number of pyridine rings is 3. The Morgan fingerprint density at radius 3 is 2.92 bits per heavy atom. The number of carbonyl (C=O) groups is 1. The van der Waals surface area contributed by atoms with E-state index < -0.39 is 6.09 Å². The molecular weight excluding hydrogens is 338 g/mol. The molecule has 0 bridgehead atoms. The van der Waals surface area contributed by atoms with Crippen molar-refractivity contribution in [2.75, 3.05) is 24.4 Å². The molecule has 1 unspecified atom stereocenters. The lowest BCUT2D eigenvalue weighted by molar-refractivity contribution is 0.209. The van der Waals surface area contributed by atoms with Gasteiger partial charge in [-0.25, -0.2) is 9.78 Å². The van der Waals surface area contributed by atoms with E-state index in [9.17, 15) is 4.79 Å². The second-order valence-corrected chi connectivity index (χ2v) is 5.63. The summed E-state index contributed by atoms with van der Waals surface area (Å²) in [5.74, 6) is 1.09. The number of rotatable bonds is 3. The van der Waals surface area contributed by atoms with E-state index in [2.05, 4.69) is 25.6 Å². The van der Waals surface area contributed by atoms with Crippen LogP contribution in [0.25, 0.3) is 11.0 Å². The van der Waals surface area contributed by atoms with E-state index in [-0.39, 0.29) is 6.04 Å². The first-order valence-electron chi connectivity index (χ1n) is 7.83. The number of aromatic nitrogens is 3. The Morgan fingerprint density at radius 1 is 1.31 bits per heavy atom. The lowest BCUT2D eigenvalue weighted by Gasteiger charge is -2.27. The molecule has 0 spiro atoms. The predicted molar refractivity (Wildman–Crippen MR) is 93.8 cm³/mol. The molecule has 4 heterocycles. The number of fused-ring (bicyclic) bond motifs is 3. The Morgan fingerprint density at radius 2 is 2.19 bits per heavy atom. The Labute approximate surface area is 148 Å². The van der Waals surface area contributed by atoms with Crippen LogP contribution in [0, 0.1) is 0 Å². The second kappa shape index (κ2) is 6.36. The number of hydrogen-bond donors (Lipinski definition) is 3. The fraction of sp³-hybridized carbons (Fsp3) is 0.176. The first kappa shape index (κ1) is 15.9. The van der Waals surface area contributed by atoms with Gasteiger partial charge in [-0.2, -0.15) is 0 Å². The van der Waals surface area contributed by atoms with Crippen molar-refractivity contribution in [2.45, 2.75) is 6.04 Å². The van der Waals surface area contributed by atoms with E-state index in [1.165, 1.54) is 6.20 Å². The molecule has 3 aromatic rings. The SMILES string of the molecule is COc1ccc2ncc3c(c2n1)NC(c1ccc(NC(=O)O)cn1)CO3. The molecule has 0 saturated heterocycles. The first-order valence-corrected chi connectivity index (χ1v) is 7.83. The summed E-state index contributed by atoms with van der Waals surface area (Å²) in [6, 6.07) is 6.77. The van der Waals surface area contributed by atoms with Crippen LogP contribution in [0.2, 0.25) is 0 Å². The highest BCUT2D eigenvalue weighted by Gasteiger charge is 2.24. The van der Waals surface area contributed by atoms with Gasteiger partial charge in [0.2, 0.25) is 5.88 Å². The highest BCUT2D eigenvalue weighted by Crippen LogP contribution is 2.37. The zero-order valence-corrected chi connectivity index (χ0v) is 13.8. The van der Waals surface area contributed by atoms with Crippen LogP contribution in [0.1, 0.15) is 11.7 Å².